The van der Waals surface area contributed by atoms with Gasteiger partial charge in [-0.1, -0.05) is 18.2 Å². The van der Waals surface area contributed by atoms with Crippen LogP contribution >= 0.6 is 25.3 Å². The molecule has 1 aromatic rings. The normalized spacial score (nSPS) is 21.3. The summed E-state index contributed by atoms with van der Waals surface area (Å²) in [5.41, 5.74) is 1.48. The van der Waals surface area contributed by atoms with Crippen LogP contribution in [0.3, 0.4) is 0 Å². The maximum Gasteiger partial charge on any atom is 0.491 e. The second-order valence-corrected chi connectivity index (χ2v) is 6.89. The summed E-state index contributed by atoms with van der Waals surface area (Å²) in [4.78, 5) is 0.949. The maximum absolute atomic E-state index is 6.06. The largest absolute Gasteiger partial charge is 0.491 e. The average molecular weight is 308 g/mol. The Morgan fingerprint density at radius 1 is 1.10 bits per heavy atom. The smallest absolute Gasteiger partial charge is 0.400 e. The van der Waals surface area contributed by atoms with Gasteiger partial charge in [-0.05, 0) is 50.9 Å². The number of rotatable bonds is 3. The zero-order valence-electron chi connectivity index (χ0n) is 12.4. The van der Waals surface area contributed by atoms with Gasteiger partial charge >= 0.3 is 7.12 Å². The van der Waals surface area contributed by atoms with E-state index in [2.05, 4.69) is 59.0 Å². The quantitative estimate of drug-likeness (QED) is 0.651. The van der Waals surface area contributed by atoms with E-state index in [0.29, 0.717) is 5.75 Å². The molecular weight excluding hydrogens is 287 g/mol. The lowest BCUT2D eigenvalue weighted by molar-refractivity contribution is 0.00578. The molecule has 2 rings (SSSR count). The van der Waals surface area contributed by atoms with E-state index in [4.69, 9.17) is 9.31 Å². The fraction of sp³-hybridized carbons (Fsp3) is 0.467. The van der Waals surface area contributed by atoms with Crippen molar-refractivity contribution in [1.29, 1.82) is 0 Å². The molecular formula is C15H21BO2S2. The summed E-state index contributed by atoms with van der Waals surface area (Å²) in [6.07, 6.45) is 2.07. The van der Waals surface area contributed by atoms with Gasteiger partial charge in [-0.3, -0.25) is 0 Å². The van der Waals surface area contributed by atoms with Crippen molar-refractivity contribution in [3.8, 4) is 0 Å². The Morgan fingerprint density at radius 2 is 1.60 bits per heavy atom. The molecule has 0 saturated carbocycles. The topological polar surface area (TPSA) is 18.5 Å². The highest BCUT2D eigenvalue weighted by molar-refractivity contribution is 7.80. The molecule has 0 atom stereocenters. The fourth-order valence-electron chi connectivity index (χ4n) is 1.97. The Morgan fingerprint density at radius 3 is 2.05 bits per heavy atom. The van der Waals surface area contributed by atoms with Gasteiger partial charge in [-0.2, -0.15) is 12.6 Å². The van der Waals surface area contributed by atoms with Gasteiger partial charge in [0.2, 0.25) is 0 Å². The molecule has 1 heterocycles. The first-order valence-corrected chi connectivity index (χ1v) is 7.79. The van der Waals surface area contributed by atoms with E-state index in [-0.39, 0.29) is 18.3 Å². The van der Waals surface area contributed by atoms with Crippen LogP contribution in [0, 0.1) is 0 Å². The zero-order valence-corrected chi connectivity index (χ0v) is 14.2. The third kappa shape index (κ3) is 3.27. The van der Waals surface area contributed by atoms with Gasteiger partial charge in [0.25, 0.3) is 0 Å². The highest BCUT2D eigenvalue weighted by Gasteiger charge is 2.52. The fourth-order valence-corrected chi connectivity index (χ4v) is 2.36. The van der Waals surface area contributed by atoms with E-state index >= 15 is 0 Å². The highest BCUT2D eigenvalue weighted by Crippen LogP contribution is 2.39. The van der Waals surface area contributed by atoms with Gasteiger partial charge < -0.3 is 9.31 Å². The second kappa shape index (κ2) is 5.80. The van der Waals surface area contributed by atoms with E-state index in [1.165, 1.54) is 0 Å². The first-order chi connectivity index (χ1) is 9.25. The van der Waals surface area contributed by atoms with Crippen molar-refractivity contribution in [3.63, 3.8) is 0 Å². The summed E-state index contributed by atoms with van der Waals surface area (Å²) in [6, 6.07) is 7.98. The minimum Gasteiger partial charge on any atom is -0.400 e. The molecule has 0 aliphatic carbocycles. The van der Waals surface area contributed by atoms with Gasteiger partial charge in [0, 0.05) is 10.6 Å². The van der Waals surface area contributed by atoms with Gasteiger partial charge in [0.1, 0.15) is 0 Å². The molecule has 1 aliphatic rings. The predicted octanol–water partition coefficient (Wildman–Crippen LogP) is 3.92. The van der Waals surface area contributed by atoms with Gasteiger partial charge in [0.05, 0.1) is 11.2 Å². The molecule has 0 N–H and O–H groups in total. The molecule has 1 saturated heterocycles. The van der Waals surface area contributed by atoms with Crippen LogP contribution in [0.4, 0.5) is 0 Å². The zero-order chi connectivity index (χ0) is 15.0. The lowest BCUT2D eigenvalue weighted by atomic mass is 9.78. The number of hydrogen-bond donors (Lipinski definition) is 2. The lowest BCUT2D eigenvalue weighted by Crippen LogP contribution is -2.41. The van der Waals surface area contributed by atoms with Crippen LogP contribution in [0.5, 0.6) is 0 Å². The van der Waals surface area contributed by atoms with Crippen molar-refractivity contribution in [1.82, 2.24) is 0 Å². The number of hydrogen-bond acceptors (Lipinski definition) is 4. The standard InChI is InChI=1S/C15H21BO2S2/c1-14(2)15(3,4)18-16(17-14)12(10-19)9-11-5-7-13(20)8-6-11/h5-9,19-20H,10H2,1-4H3. The van der Waals surface area contributed by atoms with E-state index in [0.717, 1.165) is 15.9 Å². The minimum absolute atomic E-state index is 0.325. The summed E-state index contributed by atoms with van der Waals surface area (Å²) in [5.74, 6) is 0.597. The molecule has 1 fully saturated rings. The van der Waals surface area contributed by atoms with Crippen molar-refractivity contribution >= 4 is 38.5 Å². The van der Waals surface area contributed by atoms with Crippen LogP contribution in [0.25, 0.3) is 6.08 Å². The molecule has 2 nitrogen and oxygen atoms in total. The molecule has 0 unspecified atom stereocenters. The molecule has 0 amide bonds. The molecule has 0 aromatic heterocycles. The van der Waals surface area contributed by atoms with Crippen LogP contribution in [-0.4, -0.2) is 24.1 Å². The molecule has 1 aromatic carbocycles. The van der Waals surface area contributed by atoms with E-state index in [1.54, 1.807) is 0 Å². The van der Waals surface area contributed by atoms with E-state index in [1.807, 2.05) is 24.3 Å². The summed E-state index contributed by atoms with van der Waals surface area (Å²) in [7, 11) is -0.340. The van der Waals surface area contributed by atoms with Crippen LogP contribution in [0.2, 0.25) is 0 Å². The predicted molar refractivity (Wildman–Crippen MR) is 91.6 cm³/mol. The Balaban J connectivity index is 2.24. The van der Waals surface area contributed by atoms with E-state index < -0.39 is 0 Å². The Kier molecular flexibility index (Phi) is 4.64. The molecule has 0 bridgehead atoms. The summed E-state index contributed by atoms with van der Waals surface area (Å²) >= 11 is 8.70. The lowest BCUT2D eigenvalue weighted by Gasteiger charge is -2.32. The van der Waals surface area contributed by atoms with Gasteiger partial charge in [-0.15, -0.1) is 12.6 Å². The Labute approximate surface area is 132 Å². The van der Waals surface area contributed by atoms with E-state index in [9.17, 15) is 0 Å². The average Bonchev–Trinajstić information content (AvgIpc) is 2.57. The van der Waals surface area contributed by atoms with Crippen molar-refractivity contribution in [3.05, 3.63) is 35.3 Å². The Hall–Kier alpha value is -0.355. The first-order valence-electron chi connectivity index (χ1n) is 6.71. The molecule has 5 heteroatoms. The van der Waals surface area contributed by atoms with Crippen LogP contribution in [0.1, 0.15) is 33.3 Å². The molecule has 20 heavy (non-hydrogen) atoms. The van der Waals surface area contributed by atoms with Crippen molar-refractivity contribution < 1.29 is 9.31 Å². The summed E-state index contributed by atoms with van der Waals surface area (Å²) < 4.78 is 12.1. The molecule has 108 valence electrons. The van der Waals surface area contributed by atoms with Crippen LogP contribution in [0.15, 0.2) is 34.6 Å². The Bertz CT molecular complexity index is 493. The van der Waals surface area contributed by atoms with Gasteiger partial charge in [-0.25, -0.2) is 0 Å². The molecule has 1 aliphatic heterocycles. The number of benzene rings is 1. The maximum atomic E-state index is 6.06. The monoisotopic (exact) mass is 308 g/mol. The molecule has 0 radical (unpaired) electrons. The summed E-state index contributed by atoms with van der Waals surface area (Å²) in [5, 5.41) is 0. The minimum atomic E-state index is -0.340. The first kappa shape index (κ1) is 16.0. The third-order valence-corrected chi connectivity index (χ3v) is 4.65. The van der Waals surface area contributed by atoms with Crippen LogP contribution < -0.4 is 0 Å². The molecule has 0 spiro atoms. The number of thiol groups is 2. The SMILES string of the molecule is CC1(C)OB(C(=Cc2ccc(S)cc2)CS)OC1(C)C. The van der Waals surface area contributed by atoms with Crippen molar-refractivity contribution in [2.75, 3.05) is 5.75 Å². The van der Waals surface area contributed by atoms with Crippen molar-refractivity contribution in [2.24, 2.45) is 0 Å². The second-order valence-electron chi connectivity index (χ2n) is 6.06. The van der Waals surface area contributed by atoms with Crippen LogP contribution in [-0.2, 0) is 9.31 Å². The van der Waals surface area contributed by atoms with Crippen molar-refractivity contribution in [2.45, 2.75) is 43.8 Å². The highest BCUT2D eigenvalue weighted by atomic mass is 32.1. The third-order valence-electron chi connectivity index (χ3n) is 3.98. The van der Waals surface area contributed by atoms with Gasteiger partial charge in [0.15, 0.2) is 0 Å². The summed E-state index contributed by atoms with van der Waals surface area (Å²) in [6.45, 7) is 8.22.